The summed E-state index contributed by atoms with van der Waals surface area (Å²) in [4.78, 5) is 28.2. The van der Waals surface area contributed by atoms with Crippen LogP contribution in [0.15, 0.2) is 83.7 Å². The second-order valence-corrected chi connectivity index (χ2v) is 8.73. The summed E-state index contributed by atoms with van der Waals surface area (Å²) in [5.41, 5.74) is 12.6. The number of anilines is 1. The molecule has 0 saturated heterocycles. The molecule has 8 nitrogen and oxygen atoms in total. The number of carbonyl (C=O) groups is 1. The molecule has 3 aromatic carbocycles. The van der Waals surface area contributed by atoms with Crippen LogP contribution in [0.2, 0.25) is 0 Å². The molecule has 0 aliphatic heterocycles. The Balaban J connectivity index is 1.42. The molecular formula is C28H25N5O3. The molecule has 0 bridgehead atoms. The number of benzene rings is 3. The van der Waals surface area contributed by atoms with Crippen molar-refractivity contribution in [2.75, 3.05) is 5.73 Å². The second-order valence-electron chi connectivity index (χ2n) is 8.73. The normalized spacial score (nSPS) is 11.1. The topological polar surface area (TPSA) is 116 Å². The van der Waals surface area contributed by atoms with E-state index >= 15 is 0 Å². The quantitative estimate of drug-likeness (QED) is 0.362. The summed E-state index contributed by atoms with van der Waals surface area (Å²) in [6, 6.07) is 24.0. The fourth-order valence-corrected chi connectivity index (χ4v) is 4.33. The molecule has 0 aliphatic carbocycles. The Labute approximate surface area is 207 Å². The van der Waals surface area contributed by atoms with Gasteiger partial charge in [-0.2, -0.15) is 5.10 Å². The van der Waals surface area contributed by atoms with Gasteiger partial charge in [-0.15, -0.1) is 0 Å². The summed E-state index contributed by atoms with van der Waals surface area (Å²) in [7, 11) is 0. The molecule has 0 radical (unpaired) electrons. The SMILES string of the molecule is Cc1ccc(Cn2c(N)nc3ccccc32)cc1-c1ccc(=O)n(CCc2cccc(C(=O)O)c2)n1. The maximum atomic E-state index is 12.5. The molecule has 0 aliphatic rings. The van der Waals surface area contributed by atoms with Gasteiger partial charge in [-0.3, -0.25) is 4.79 Å². The number of aromatic nitrogens is 4. The highest BCUT2D eigenvalue weighted by Gasteiger charge is 2.12. The molecule has 2 aromatic heterocycles. The number of aromatic carboxylic acids is 1. The highest BCUT2D eigenvalue weighted by molar-refractivity contribution is 5.87. The van der Waals surface area contributed by atoms with Crippen molar-refractivity contribution in [1.29, 1.82) is 0 Å². The van der Waals surface area contributed by atoms with E-state index in [0.29, 0.717) is 31.2 Å². The highest BCUT2D eigenvalue weighted by atomic mass is 16.4. The number of hydrogen-bond acceptors (Lipinski definition) is 5. The first-order valence-electron chi connectivity index (χ1n) is 11.6. The molecule has 5 rings (SSSR count). The number of nitrogens with two attached hydrogens (primary N) is 1. The number of aryl methyl sites for hydroxylation is 3. The van der Waals surface area contributed by atoms with Crippen LogP contribution in [-0.4, -0.2) is 30.4 Å². The standard InChI is InChI=1S/C28H25N5O3/c1-18-9-10-20(17-32-25-8-3-2-7-24(25)30-28(32)29)16-22(18)23-11-12-26(34)33(31-23)14-13-19-5-4-6-21(15-19)27(35)36/h2-12,15-16H,13-14,17H2,1H3,(H2,29,30)(H,35,36). The van der Waals surface area contributed by atoms with Crippen LogP contribution in [0.1, 0.15) is 27.0 Å². The van der Waals surface area contributed by atoms with Crippen LogP contribution in [0.5, 0.6) is 0 Å². The summed E-state index contributed by atoms with van der Waals surface area (Å²) < 4.78 is 3.40. The van der Waals surface area contributed by atoms with Gasteiger partial charge in [-0.25, -0.2) is 14.5 Å². The Kier molecular flexibility index (Phi) is 6.08. The molecule has 180 valence electrons. The van der Waals surface area contributed by atoms with Crippen LogP contribution in [0, 0.1) is 6.92 Å². The van der Waals surface area contributed by atoms with Crippen molar-refractivity contribution in [3.63, 3.8) is 0 Å². The van der Waals surface area contributed by atoms with Gasteiger partial charge in [-0.1, -0.05) is 36.4 Å². The van der Waals surface area contributed by atoms with Gasteiger partial charge in [0.05, 0.1) is 28.8 Å². The molecule has 5 aromatic rings. The fraction of sp³-hybridized carbons (Fsp3) is 0.143. The minimum atomic E-state index is -0.977. The van der Waals surface area contributed by atoms with Crippen LogP contribution in [0.25, 0.3) is 22.3 Å². The summed E-state index contributed by atoms with van der Waals surface area (Å²) >= 11 is 0. The number of imidazole rings is 1. The average Bonchev–Trinajstić information content (AvgIpc) is 3.19. The maximum absolute atomic E-state index is 12.5. The summed E-state index contributed by atoms with van der Waals surface area (Å²) in [5.74, 6) is -0.521. The number of nitrogens with zero attached hydrogens (tertiary/aromatic N) is 4. The predicted molar refractivity (Wildman–Crippen MR) is 139 cm³/mol. The molecule has 0 unspecified atom stereocenters. The van der Waals surface area contributed by atoms with Gasteiger partial charge in [0.1, 0.15) is 0 Å². The lowest BCUT2D eigenvalue weighted by Gasteiger charge is -2.12. The summed E-state index contributed by atoms with van der Waals surface area (Å²) in [5, 5.41) is 13.8. The minimum absolute atomic E-state index is 0.209. The molecule has 0 spiro atoms. The minimum Gasteiger partial charge on any atom is -0.478 e. The van der Waals surface area contributed by atoms with E-state index in [9.17, 15) is 14.7 Å². The third-order valence-electron chi connectivity index (χ3n) is 6.26. The van der Waals surface area contributed by atoms with Crippen molar-refractivity contribution in [3.05, 3.63) is 111 Å². The summed E-state index contributed by atoms with van der Waals surface area (Å²) in [6.45, 7) is 2.90. The Bertz CT molecular complexity index is 1650. The van der Waals surface area contributed by atoms with Crippen molar-refractivity contribution in [2.45, 2.75) is 26.4 Å². The van der Waals surface area contributed by atoms with E-state index in [1.807, 2.05) is 47.9 Å². The monoisotopic (exact) mass is 479 g/mol. The van der Waals surface area contributed by atoms with Crippen molar-refractivity contribution in [2.24, 2.45) is 0 Å². The number of carboxylic acid groups (broad SMARTS) is 1. The van der Waals surface area contributed by atoms with Gasteiger partial charge >= 0.3 is 5.97 Å². The Hall–Kier alpha value is -4.72. The lowest BCUT2D eigenvalue weighted by atomic mass is 10.0. The largest absolute Gasteiger partial charge is 0.478 e. The van der Waals surface area contributed by atoms with Gasteiger partial charge in [0, 0.05) is 18.2 Å². The van der Waals surface area contributed by atoms with Crippen molar-refractivity contribution in [3.8, 4) is 11.3 Å². The number of rotatable bonds is 7. The summed E-state index contributed by atoms with van der Waals surface area (Å²) in [6.07, 6.45) is 0.490. The zero-order chi connectivity index (χ0) is 25.2. The number of fused-ring (bicyclic) bond motifs is 1. The van der Waals surface area contributed by atoms with E-state index in [-0.39, 0.29) is 11.1 Å². The Morgan fingerprint density at radius 1 is 0.972 bits per heavy atom. The van der Waals surface area contributed by atoms with Gasteiger partial charge in [0.2, 0.25) is 5.95 Å². The number of para-hydroxylation sites is 2. The number of nitrogen functional groups attached to an aromatic ring is 1. The first kappa shape index (κ1) is 23.0. The smallest absolute Gasteiger partial charge is 0.335 e. The molecule has 0 fully saturated rings. The van der Waals surface area contributed by atoms with E-state index in [2.05, 4.69) is 22.2 Å². The lowest BCUT2D eigenvalue weighted by Crippen LogP contribution is -2.23. The molecule has 2 heterocycles. The van der Waals surface area contributed by atoms with Gasteiger partial charge in [-0.05, 0) is 66.4 Å². The van der Waals surface area contributed by atoms with Crippen LogP contribution in [0.4, 0.5) is 5.95 Å². The van der Waals surface area contributed by atoms with Gasteiger partial charge in [0.15, 0.2) is 0 Å². The van der Waals surface area contributed by atoms with Crippen molar-refractivity contribution < 1.29 is 9.90 Å². The van der Waals surface area contributed by atoms with Gasteiger partial charge < -0.3 is 15.4 Å². The average molecular weight is 480 g/mol. The van der Waals surface area contributed by atoms with Gasteiger partial charge in [0.25, 0.3) is 5.56 Å². The number of carboxylic acids is 1. The second kappa shape index (κ2) is 9.50. The first-order chi connectivity index (χ1) is 17.4. The van der Waals surface area contributed by atoms with Crippen LogP contribution < -0.4 is 11.3 Å². The van der Waals surface area contributed by atoms with E-state index in [4.69, 9.17) is 5.73 Å². The highest BCUT2D eigenvalue weighted by Crippen LogP contribution is 2.25. The number of hydrogen-bond donors (Lipinski definition) is 2. The van der Waals surface area contributed by atoms with E-state index in [1.54, 1.807) is 24.3 Å². The van der Waals surface area contributed by atoms with Crippen LogP contribution in [0.3, 0.4) is 0 Å². The van der Waals surface area contributed by atoms with Crippen LogP contribution in [-0.2, 0) is 19.5 Å². The van der Waals surface area contributed by atoms with Crippen LogP contribution >= 0.6 is 0 Å². The molecule has 0 saturated carbocycles. The third-order valence-corrected chi connectivity index (χ3v) is 6.26. The lowest BCUT2D eigenvalue weighted by molar-refractivity contribution is 0.0696. The molecule has 0 amide bonds. The predicted octanol–water partition coefficient (Wildman–Crippen LogP) is 4.14. The molecular weight excluding hydrogens is 454 g/mol. The third kappa shape index (κ3) is 4.61. The first-order valence-corrected chi connectivity index (χ1v) is 11.6. The molecule has 0 atom stereocenters. The Morgan fingerprint density at radius 2 is 1.81 bits per heavy atom. The maximum Gasteiger partial charge on any atom is 0.335 e. The zero-order valence-corrected chi connectivity index (χ0v) is 19.8. The van der Waals surface area contributed by atoms with E-state index in [1.165, 1.54) is 10.7 Å². The molecule has 36 heavy (non-hydrogen) atoms. The van der Waals surface area contributed by atoms with E-state index in [0.717, 1.165) is 33.3 Å². The van der Waals surface area contributed by atoms with Crippen molar-refractivity contribution >= 4 is 23.0 Å². The molecule has 8 heteroatoms. The van der Waals surface area contributed by atoms with Crippen molar-refractivity contribution in [1.82, 2.24) is 19.3 Å². The molecule has 3 N–H and O–H groups in total. The Morgan fingerprint density at radius 3 is 2.64 bits per heavy atom. The van der Waals surface area contributed by atoms with E-state index < -0.39 is 5.97 Å². The fourth-order valence-electron chi connectivity index (χ4n) is 4.33. The zero-order valence-electron chi connectivity index (χ0n) is 19.8.